The van der Waals surface area contributed by atoms with E-state index < -0.39 is 0 Å². The van der Waals surface area contributed by atoms with Crippen LogP contribution in [0.3, 0.4) is 0 Å². The minimum absolute atomic E-state index is 0.0157. The first-order chi connectivity index (χ1) is 11.8. The molecule has 0 bridgehead atoms. The Balaban J connectivity index is 1.62. The molecule has 0 aliphatic carbocycles. The first-order valence-electron chi connectivity index (χ1n) is 8.07. The SMILES string of the molecule is O=c1c2sccc2ncn1CCN(CCO)CCc1ccccc1. The highest BCUT2D eigenvalue weighted by Crippen LogP contribution is 2.13. The third kappa shape index (κ3) is 4.08. The smallest absolute Gasteiger partial charge is 0.271 e. The summed E-state index contributed by atoms with van der Waals surface area (Å²) < 4.78 is 2.36. The van der Waals surface area contributed by atoms with Crippen molar-refractivity contribution in [1.82, 2.24) is 14.5 Å². The fourth-order valence-electron chi connectivity index (χ4n) is 2.70. The number of hydrogen-bond acceptors (Lipinski definition) is 5. The summed E-state index contributed by atoms with van der Waals surface area (Å²) in [6, 6.07) is 12.2. The minimum atomic E-state index is 0.0157. The van der Waals surface area contributed by atoms with Crippen LogP contribution in [0.15, 0.2) is 52.9 Å². The number of aliphatic hydroxyl groups is 1. The molecule has 0 radical (unpaired) electrons. The second-order valence-electron chi connectivity index (χ2n) is 5.68. The Morgan fingerprint density at radius 1 is 1.12 bits per heavy atom. The van der Waals surface area contributed by atoms with Gasteiger partial charge in [-0.3, -0.25) is 14.3 Å². The molecule has 3 rings (SSSR count). The predicted octanol–water partition coefficient (Wildman–Crippen LogP) is 1.99. The lowest BCUT2D eigenvalue weighted by atomic mass is 10.1. The molecule has 0 spiro atoms. The van der Waals surface area contributed by atoms with Crippen molar-refractivity contribution in [2.45, 2.75) is 13.0 Å². The van der Waals surface area contributed by atoms with Crippen molar-refractivity contribution in [2.24, 2.45) is 0 Å². The van der Waals surface area contributed by atoms with Gasteiger partial charge in [0.05, 0.1) is 18.5 Å². The Bertz CT molecular complexity index is 829. The Morgan fingerprint density at radius 3 is 2.75 bits per heavy atom. The van der Waals surface area contributed by atoms with E-state index in [9.17, 15) is 9.90 Å². The lowest BCUT2D eigenvalue weighted by molar-refractivity contribution is 0.192. The normalized spacial score (nSPS) is 11.4. The van der Waals surface area contributed by atoms with E-state index in [-0.39, 0.29) is 12.2 Å². The largest absolute Gasteiger partial charge is 0.395 e. The summed E-state index contributed by atoms with van der Waals surface area (Å²) in [5.41, 5.74) is 2.05. The molecule has 0 unspecified atom stereocenters. The second-order valence-corrected chi connectivity index (χ2v) is 6.60. The van der Waals surface area contributed by atoms with Crippen molar-refractivity contribution < 1.29 is 5.11 Å². The third-order valence-corrected chi connectivity index (χ3v) is 4.96. The van der Waals surface area contributed by atoms with Crippen LogP contribution in [0.1, 0.15) is 5.56 Å². The van der Waals surface area contributed by atoms with E-state index in [2.05, 4.69) is 22.0 Å². The van der Waals surface area contributed by atoms with Crippen LogP contribution in [0, 0.1) is 0 Å². The van der Waals surface area contributed by atoms with Crippen LogP contribution in [-0.2, 0) is 13.0 Å². The molecule has 1 N–H and O–H groups in total. The molecule has 24 heavy (non-hydrogen) atoms. The molecule has 0 aliphatic heterocycles. The maximum absolute atomic E-state index is 12.4. The quantitative estimate of drug-likeness (QED) is 0.680. The molecule has 1 aromatic carbocycles. The zero-order valence-electron chi connectivity index (χ0n) is 13.5. The van der Waals surface area contributed by atoms with Crippen LogP contribution < -0.4 is 5.56 Å². The molecule has 0 fully saturated rings. The maximum atomic E-state index is 12.4. The number of benzene rings is 1. The first kappa shape index (κ1) is 16.8. The molecule has 2 heterocycles. The highest BCUT2D eigenvalue weighted by atomic mass is 32.1. The minimum Gasteiger partial charge on any atom is -0.395 e. The van der Waals surface area contributed by atoms with Gasteiger partial charge in [-0.25, -0.2) is 4.98 Å². The van der Waals surface area contributed by atoms with Crippen LogP contribution in [0.4, 0.5) is 0 Å². The average Bonchev–Trinajstić information content (AvgIpc) is 3.09. The van der Waals surface area contributed by atoms with Crippen molar-refractivity contribution in [2.75, 3.05) is 26.2 Å². The highest BCUT2D eigenvalue weighted by Gasteiger charge is 2.08. The number of hydrogen-bond donors (Lipinski definition) is 1. The molecule has 3 aromatic rings. The Kier molecular flexibility index (Phi) is 5.74. The summed E-state index contributed by atoms with van der Waals surface area (Å²) in [5.74, 6) is 0. The van der Waals surface area contributed by atoms with E-state index in [1.807, 2.05) is 29.6 Å². The van der Waals surface area contributed by atoms with E-state index in [1.165, 1.54) is 16.9 Å². The molecule has 6 heteroatoms. The number of thiophene rings is 1. The van der Waals surface area contributed by atoms with Crippen molar-refractivity contribution in [3.8, 4) is 0 Å². The highest BCUT2D eigenvalue weighted by molar-refractivity contribution is 7.17. The summed E-state index contributed by atoms with van der Waals surface area (Å²) >= 11 is 1.43. The topological polar surface area (TPSA) is 58.4 Å². The first-order valence-corrected chi connectivity index (χ1v) is 8.95. The average molecular weight is 343 g/mol. The molecular formula is C18H21N3O2S. The fraction of sp³-hybridized carbons (Fsp3) is 0.333. The summed E-state index contributed by atoms with van der Waals surface area (Å²) in [7, 11) is 0. The summed E-state index contributed by atoms with van der Waals surface area (Å²) in [6.07, 6.45) is 2.55. The molecule has 126 valence electrons. The Labute approximate surface area is 144 Å². The molecule has 2 aromatic heterocycles. The maximum Gasteiger partial charge on any atom is 0.271 e. The zero-order chi connectivity index (χ0) is 16.8. The molecule has 0 aliphatic rings. The van der Waals surface area contributed by atoms with Crippen molar-refractivity contribution >= 4 is 21.6 Å². The third-order valence-electron chi connectivity index (χ3n) is 4.07. The van der Waals surface area contributed by atoms with Gasteiger partial charge in [0.1, 0.15) is 4.70 Å². The molecular weight excluding hydrogens is 322 g/mol. The van der Waals surface area contributed by atoms with E-state index in [4.69, 9.17) is 0 Å². The van der Waals surface area contributed by atoms with Gasteiger partial charge in [0.15, 0.2) is 0 Å². The molecule has 0 amide bonds. The van der Waals surface area contributed by atoms with Crippen LogP contribution in [-0.4, -0.2) is 45.8 Å². The van der Waals surface area contributed by atoms with Gasteiger partial charge >= 0.3 is 0 Å². The number of fused-ring (bicyclic) bond motifs is 1. The van der Waals surface area contributed by atoms with Crippen LogP contribution in [0.5, 0.6) is 0 Å². The van der Waals surface area contributed by atoms with E-state index in [0.29, 0.717) is 24.3 Å². The lowest BCUT2D eigenvalue weighted by Crippen LogP contribution is -2.34. The standard InChI is InChI=1S/C18H21N3O2S/c22-12-11-20(8-6-15-4-2-1-3-5-15)9-10-21-14-19-16-7-13-24-17(16)18(21)23/h1-5,7,13-14,22H,6,8-12H2. The molecule has 5 nitrogen and oxygen atoms in total. The van der Waals surface area contributed by atoms with Gasteiger partial charge in [0.2, 0.25) is 0 Å². The lowest BCUT2D eigenvalue weighted by Gasteiger charge is -2.21. The second kappa shape index (κ2) is 8.19. The predicted molar refractivity (Wildman–Crippen MR) is 97.6 cm³/mol. The number of aromatic nitrogens is 2. The van der Waals surface area contributed by atoms with E-state index in [1.54, 1.807) is 10.9 Å². The van der Waals surface area contributed by atoms with E-state index in [0.717, 1.165) is 18.5 Å². The summed E-state index contributed by atoms with van der Waals surface area (Å²) in [5, 5.41) is 11.2. The van der Waals surface area contributed by atoms with Crippen LogP contribution in [0.25, 0.3) is 10.2 Å². The van der Waals surface area contributed by atoms with Gasteiger partial charge in [-0.05, 0) is 23.4 Å². The zero-order valence-corrected chi connectivity index (χ0v) is 14.3. The summed E-state index contributed by atoms with van der Waals surface area (Å²) in [4.78, 5) is 18.9. The van der Waals surface area contributed by atoms with Crippen molar-refractivity contribution in [3.05, 3.63) is 64.0 Å². The van der Waals surface area contributed by atoms with Crippen LogP contribution >= 0.6 is 11.3 Å². The molecule has 0 saturated heterocycles. The van der Waals surface area contributed by atoms with Gasteiger partial charge in [-0.2, -0.15) is 0 Å². The van der Waals surface area contributed by atoms with Gasteiger partial charge in [-0.1, -0.05) is 30.3 Å². The van der Waals surface area contributed by atoms with Crippen molar-refractivity contribution in [1.29, 1.82) is 0 Å². The fourth-order valence-corrected chi connectivity index (χ4v) is 3.49. The number of nitrogens with zero attached hydrogens (tertiary/aromatic N) is 3. The van der Waals surface area contributed by atoms with Gasteiger partial charge < -0.3 is 5.11 Å². The van der Waals surface area contributed by atoms with Crippen LogP contribution in [0.2, 0.25) is 0 Å². The molecule has 0 atom stereocenters. The number of rotatable bonds is 8. The van der Waals surface area contributed by atoms with E-state index >= 15 is 0 Å². The van der Waals surface area contributed by atoms with Crippen molar-refractivity contribution in [3.63, 3.8) is 0 Å². The Morgan fingerprint density at radius 2 is 1.96 bits per heavy atom. The van der Waals surface area contributed by atoms with Gasteiger partial charge in [0, 0.05) is 26.2 Å². The molecule has 0 saturated carbocycles. The van der Waals surface area contributed by atoms with Gasteiger partial charge in [0.25, 0.3) is 5.56 Å². The number of aliphatic hydroxyl groups excluding tert-OH is 1. The monoisotopic (exact) mass is 343 g/mol. The summed E-state index contributed by atoms with van der Waals surface area (Å²) in [6.45, 7) is 2.87. The Hall–Kier alpha value is -2.02. The van der Waals surface area contributed by atoms with Gasteiger partial charge in [-0.15, -0.1) is 11.3 Å².